The topological polar surface area (TPSA) is 121 Å². The van der Waals surface area contributed by atoms with Crippen molar-refractivity contribution < 1.29 is 24.2 Å². The van der Waals surface area contributed by atoms with Crippen molar-refractivity contribution in [3.05, 3.63) is 16.3 Å². The van der Waals surface area contributed by atoms with Crippen LogP contribution in [0, 0.1) is 4.91 Å². The van der Waals surface area contributed by atoms with Crippen LogP contribution in [0.15, 0.2) is 4.63 Å². The lowest BCUT2D eigenvalue weighted by atomic mass is 10.3. The minimum atomic E-state index is -0.624. The third-order valence-electron chi connectivity index (χ3n) is 1.51. The van der Waals surface area contributed by atoms with Crippen LogP contribution >= 0.6 is 0 Å². The van der Waals surface area contributed by atoms with Crippen LogP contribution in [-0.2, 0) is 6.61 Å². The van der Waals surface area contributed by atoms with Gasteiger partial charge in [0.15, 0.2) is 4.60 Å². The van der Waals surface area contributed by atoms with Gasteiger partial charge < -0.3 is 15.5 Å². The number of nitrogens with one attached hydrogen (secondary N) is 2. The standard InChI is InChI=1S/C6H9N3O5/c10-2-1-7-6(12)5-4(3-11)9(13)14-8-5/h10-11H,1-3H2,(H-,7,8,12,13)/p+1. The molecule has 1 aromatic rings. The number of aliphatic hydroxyl groups excluding tert-OH is 2. The Hall–Kier alpha value is -1.67. The SMILES string of the molecule is O=C(NCCO)c1[nH]o[n+](=O)c1CO. The fraction of sp³-hybridized carbons (Fsp3) is 0.500. The third-order valence-corrected chi connectivity index (χ3v) is 1.51. The molecule has 0 spiro atoms. The lowest BCUT2D eigenvalue weighted by molar-refractivity contribution is -0.720. The molecule has 0 saturated heterocycles. The second-order valence-corrected chi connectivity index (χ2v) is 2.41. The van der Waals surface area contributed by atoms with E-state index in [1.165, 1.54) is 0 Å². The molecule has 0 atom stereocenters. The summed E-state index contributed by atoms with van der Waals surface area (Å²) >= 11 is 0. The summed E-state index contributed by atoms with van der Waals surface area (Å²) in [6.45, 7) is -0.768. The van der Waals surface area contributed by atoms with Gasteiger partial charge in [-0.15, -0.1) is 0 Å². The Kier molecular flexibility index (Phi) is 3.37. The van der Waals surface area contributed by atoms with Crippen LogP contribution in [0.4, 0.5) is 0 Å². The summed E-state index contributed by atoms with van der Waals surface area (Å²) < 4.78 is 4.25. The van der Waals surface area contributed by atoms with Crippen molar-refractivity contribution in [2.24, 2.45) is 0 Å². The minimum absolute atomic E-state index is 0.00780. The van der Waals surface area contributed by atoms with Gasteiger partial charge in [0, 0.05) is 6.54 Å². The van der Waals surface area contributed by atoms with Crippen LogP contribution in [-0.4, -0.2) is 34.4 Å². The molecule has 1 amide bonds. The van der Waals surface area contributed by atoms with E-state index in [0.717, 1.165) is 0 Å². The fourth-order valence-corrected chi connectivity index (χ4v) is 0.864. The highest BCUT2D eigenvalue weighted by Gasteiger charge is 2.25. The smallest absolute Gasteiger partial charge is 0.299 e. The predicted octanol–water partition coefficient (Wildman–Crippen LogP) is -2.26. The van der Waals surface area contributed by atoms with Gasteiger partial charge in [-0.05, 0) is 4.91 Å². The number of aliphatic hydroxyl groups is 2. The molecule has 1 heterocycles. The number of aromatic amines is 1. The molecule has 8 nitrogen and oxygen atoms in total. The van der Waals surface area contributed by atoms with E-state index in [0.29, 0.717) is 0 Å². The van der Waals surface area contributed by atoms with Gasteiger partial charge in [-0.2, -0.15) is 0 Å². The maximum atomic E-state index is 11.2. The van der Waals surface area contributed by atoms with E-state index >= 15 is 0 Å². The zero-order valence-corrected chi connectivity index (χ0v) is 7.19. The number of nitrogens with zero attached hydrogens (tertiary/aromatic N) is 1. The van der Waals surface area contributed by atoms with Gasteiger partial charge >= 0.3 is 0 Å². The molecule has 8 heteroatoms. The highest BCUT2D eigenvalue weighted by molar-refractivity contribution is 5.92. The first-order valence-electron chi connectivity index (χ1n) is 3.84. The molecular formula is C6H10N3O5+. The minimum Gasteiger partial charge on any atom is -0.395 e. The molecule has 0 bridgehead atoms. The number of carbonyl (C=O) groups excluding carboxylic acids is 1. The molecule has 0 radical (unpaired) electrons. The summed E-state index contributed by atoms with van der Waals surface area (Å²) in [7, 11) is 0. The molecule has 4 N–H and O–H groups in total. The molecule has 0 saturated carbocycles. The second kappa shape index (κ2) is 4.53. The van der Waals surface area contributed by atoms with Crippen LogP contribution in [0.2, 0.25) is 0 Å². The lowest BCUT2D eigenvalue weighted by Crippen LogP contribution is -2.29. The molecule has 0 aliphatic rings. The van der Waals surface area contributed by atoms with Gasteiger partial charge in [-0.1, -0.05) is 9.79 Å². The molecule has 78 valence electrons. The Morgan fingerprint density at radius 1 is 1.57 bits per heavy atom. The molecule has 0 aliphatic carbocycles. The Morgan fingerprint density at radius 3 is 2.86 bits per heavy atom. The first-order chi connectivity index (χ1) is 6.70. The van der Waals surface area contributed by atoms with Crippen molar-refractivity contribution in [3.8, 4) is 0 Å². The molecule has 14 heavy (non-hydrogen) atoms. The fourth-order valence-electron chi connectivity index (χ4n) is 0.864. The van der Waals surface area contributed by atoms with E-state index in [1.54, 1.807) is 0 Å². The predicted molar refractivity (Wildman–Crippen MR) is 41.8 cm³/mol. The van der Waals surface area contributed by atoms with Gasteiger partial charge in [-0.3, -0.25) is 4.79 Å². The van der Waals surface area contributed by atoms with Gasteiger partial charge in [-0.25, -0.2) is 0 Å². The average molecular weight is 204 g/mol. The zero-order valence-electron chi connectivity index (χ0n) is 7.19. The number of H-pyrrole nitrogens is 1. The van der Waals surface area contributed by atoms with Crippen LogP contribution in [0.1, 0.15) is 16.2 Å². The molecular weight excluding hydrogens is 194 g/mol. The van der Waals surface area contributed by atoms with Crippen molar-refractivity contribution in [1.29, 1.82) is 0 Å². The maximum Gasteiger partial charge on any atom is 0.299 e. The number of carbonyl (C=O) groups is 1. The summed E-state index contributed by atoms with van der Waals surface area (Å²) in [5.74, 6) is -0.624. The summed E-state index contributed by atoms with van der Waals surface area (Å²) in [5, 5.41) is 21.5. The first kappa shape index (κ1) is 10.4. The molecule has 0 aromatic carbocycles. The molecule has 0 fully saturated rings. The Labute approximate surface area is 77.7 Å². The van der Waals surface area contributed by atoms with Crippen molar-refractivity contribution in [1.82, 2.24) is 10.5 Å². The third kappa shape index (κ3) is 1.98. The lowest BCUT2D eigenvalue weighted by Gasteiger charge is -1.96. The van der Waals surface area contributed by atoms with Gasteiger partial charge in [0.2, 0.25) is 0 Å². The average Bonchev–Trinajstić information content (AvgIpc) is 2.55. The van der Waals surface area contributed by atoms with Gasteiger partial charge in [0.25, 0.3) is 17.3 Å². The second-order valence-electron chi connectivity index (χ2n) is 2.41. The Balaban J connectivity index is 2.84. The number of hydrogen-bond donors (Lipinski definition) is 4. The largest absolute Gasteiger partial charge is 0.395 e. The number of rotatable bonds is 4. The van der Waals surface area contributed by atoms with Crippen LogP contribution in [0.3, 0.4) is 0 Å². The van der Waals surface area contributed by atoms with Crippen LogP contribution in [0.25, 0.3) is 0 Å². The van der Waals surface area contributed by atoms with E-state index in [4.69, 9.17) is 10.2 Å². The van der Waals surface area contributed by atoms with Crippen molar-refractivity contribution >= 4 is 5.91 Å². The summed E-state index contributed by atoms with van der Waals surface area (Å²) in [6, 6.07) is 0. The zero-order chi connectivity index (χ0) is 10.6. The van der Waals surface area contributed by atoms with E-state index in [9.17, 15) is 9.70 Å². The molecule has 0 aliphatic heterocycles. The summed E-state index contributed by atoms with van der Waals surface area (Å²) in [4.78, 5) is 22.0. The summed E-state index contributed by atoms with van der Waals surface area (Å²) in [5.41, 5.74) is -0.364. The number of amides is 1. The highest BCUT2D eigenvalue weighted by Crippen LogP contribution is 1.98. The number of hydrogen-bond acceptors (Lipinski definition) is 5. The molecule has 0 unspecified atom stereocenters. The molecule has 1 aromatic heterocycles. The van der Waals surface area contributed by atoms with E-state index < -0.39 is 12.5 Å². The van der Waals surface area contributed by atoms with Crippen molar-refractivity contribution in [2.75, 3.05) is 13.2 Å². The van der Waals surface area contributed by atoms with Gasteiger partial charge in [0.05, 0.1) is 6.61 Å². The number of aromatic nitrogens is 2. The summed E-state index contributed by atoms with van der Waals surface area (Å²) in [6.07, 6.45) is 0. The van der Waals surface area contributed by atoms with E-state index in [1.807, 2.05) is 0 Å². The van der Waals surface area contributed by atoms with E-state index in [-0.39, 0.29) is 29.1 Å². The maximum absolute atomic E-state index is 11.2. The first-order valence-corrected chi connectivity index (χ1v) is 3.84. The van der Waals surface area contributed by atoms with Crippen molar-refractivity contribution in [2.45, 2.75) is 6.61 Å². The Morgan fingerprint density at radius 2 is 2.29 bits per heavy atom. The monoisotopic (exact) mass is 204 g/mol. The van der Waals surface area contributed by atoms with E-state index in [2.05, 4.69) is 15.1 Å². The van der Waals surface area contributed by atoms with Crippen LogP contribution < -0.4 is 9.92 Å². The Bertz CT molecular complexity index is 368. The quantitative estimate of drug-likeness (QED) is 0.441. The highest BCUT2D eigenvalue weighted by atomic mass is 16.7. The normalized spacial score (nSPS) is 10.1. The van der Waals surface area contributed by atoms with Crippen molar-refractivity contribution in [3.63, 3.8) is 0 Å². The van der Waals surface area contributed by atoms with Crippen LogP contribution in [0.5, 0.6) is 0 Å². The van der Waals surface area contributed by atoms with Gasteiger partial charge in [0.1, 0.15) is 6.61 Å². The molecule has 1 rings (SSSR count).